The van der Waals surface area contributed by atoms with E-state index in [1.165, 1.54) is 20.7 Å². The minimum absolute atomic E-state index is 0.775. The van der Waals surface area contributed by atoms with E-state index in [2.05, 4.69) is 54.6 Å². The average molecular weight is 368 g/mol. The molecule has 0 bridgehead atoms. The molecule has 0 unspecified atom stereocenters. The summed E-state index contributed by atoms with van der Waals surface area (Å²) in [5.41, 5.74) is 3.55. The van der Waals surface area contributed by atoms with Gasteiger partial charge in [0.2, 0.25) is 0 Å². The molecule has 0 atom stereocenters. The van der Waals surface area contributed by atoms with E-state index in [-0.39, 0.29) is 0 Å². The van der Waals surface area contributed by atoms with Crippen molar-refractivity contribution in [1.82, 2.24) is 4.98 Å². The molecule has 0 amide bonds. The molecule has 0 aliphatic heterocycles. The minimum atomic E-state index is 0.775. The zero-order valence-corrected chi connectivity index (χ0v) is 15.2. The lowest BCUT2D eigenvalue weighted by atomic mass is 10.1. The second-order valence-electron chi connectivity index (χ2n) is 5.43. The van der Waals surface area contributed by atoms with Crippen LogP contribution in [0.2, 0.25) is 5.02 Å². The summed E-state index contributed by atoms with van der Waals surface area (Å²) in [5, 5.41) is 1.85. The van der Waals surface area contributed by atoms with Crippen LogP contribution in [0.4, 0.5) is 0 Å². The summed E-state index contributed by atoms with van der Waals surface area (Å²) in [7, 11) is 0. The van der Waals surface area contributed by atoms with E-state index in [0.29, 0.717) is 0 Å². The fraction of sp³-hybridized carbons (Fsp3) is 0.0500. The quantitative estimate of drug-likeness (QED) is 0.363. The zero-order chi connectivity index (χ0) is 16.4. The molecule has 0 spiro atoms. The third-order valence-corrected chi connectivity index (χ3v) is 6.11. The van der Waals surface area contributed by atoms with Crippen molar-refractivity contribution in [2.24, 2.45) is 0 Å². The van der Waals surface area contributed by atoms with Crippen molar-refractivity contribution < 1.29 is 0 Å². The molecule has 1 nitrogen and oxygen atoms in total. The zero-order valence-electron chi connectivity index (χ0n) is 12.8. The highest BCUT2D eigenvalue weighted by atomic mass is 35.5. The van der Waals surface area contributed by atoms with Gasteiger partial charge in [0, 0.05) is 21.2 Å². The van der Waals surface area contributed by atoms with Crippen molar-refractivity contribution in [3.8, 4) is 10.6 Å². The van der Waals surface area contributed by atoms with E-state index in [1.54, 1.807) is 11.3 Å². The largest absolute Gasteiger partial charge is 0.236 e. The van der Waals surface area contributed by atoms with Crippen LogP contribution in [0.15, 0.2) is 77.7 Å². The van der Waals surface area contributed by atoms with Crippen molar-refractivity contribution in [2.75, 3.05) is 0 Å². The Morgan fingerprint density at radius 2 is 1.75 bits per heavy atom. The molecule has 0 aliphatic carbocycles. The van der Waals surface area contributed by atoms with Crippen LogP contribution < -0.4 is 0 Å². The predicted octanol–water partition coefficient (Wildman–Crippen LogP) is 6.91. The molecule has 1 aromatic heterocycles. The Labute approximate surface area is 154 Å². The Hall–Kier alpha value is -1.81. The summed E-state index contributed by atoms with van der Waals surface area (Å²) in [4.78, 5) is 5.98. The van der Waals surface area contributed by atoms with Crippen LogP contribution in [0.1, 0.15) is 5.56 Å². The van der Waals surface area contributed by atoms with E-state index in [0.717, 1.165) is 21.3 Å². The van der Waals surface area contributed by atoms with Crippen LogP contribution in [0.25, 0.3) is 20.8 Å². The molecular weight excluding hydrogens is 354 g/mol. The fourth-order valence-electron chi connectivity index (χ4n) is 2.49. The van der Waals surface area contributed by atoms with E-state index < -0.39 is 0 Å². The second kappa shape index (κ2) is 6.98. The molecule has 0 N–H and O–H groups in total. The summed E-state index contributed by atoms with van der Waals surface area (Å²) in [6, 6.07) is 24.9. The molecule has 118 valence electrons. The molecule has 4 aromatic rings. The van der Waals surface area contributed by atoms with Crippen LogP contribution in [-0.4, -0.2) is 4.98 Å². The first kappa shape index (κ1) is 15.7. The highest BCUT2D eigenvalue weighted by Crippen LogP contribution is 2.31. The number of benzene rings is 3. The average Bonchev–Trinajstić information content (AvgIpc) is 3.06. The maximum absolute atomic E-state index is 5.94. The Morgan fingerprint density at radius 3 is 2.58 bits per heavy atom. The van der Waals surface area contributed by atoms with Crippen LogP contribution in [0.3, 0.4) is 0 Å². The normalized spacial score (nSPS) is 11.0. The van der Waals surface area contributed by atoms with Crippen molar-refractivity contribution in [2.45, 2.75) is 10.6 Å². The number of thioether (sulfide) groups is 1. The Kier molecular flexibility index (Phi) is 4.56. The van der Waals surface area contributed by atoms with Crippen LogP contribution in [0.5, 0.6) is 0 Å². The molecule has 0 radical (unpaired) electrons. The summed E-state index contributed by atoms with van der Waals surface area (Å²) in [5.74, 6) is 0.931. The standard InChI is InChI=1S/C20H14ClNS2/c21-16-8-10-17(11-9-16)23-13-14-4-3-5-15(12-14)20-22-18-6-1-2-7-19(18)24-20/h1-12H,13H2. The monoisotopic (exact) mass is 367 g/mol. The molecule has 24 heavy (non-hydrogen) atoms. The topological polar surface area (TPSA) is 12.9 Å². The minimum Gasteiger partial charge on any atom is -0.236 e. The molecule has 3 aromatic carbocycles. The number of nitrogens with zero attached hydrogens (tertiary/aromatic N) is 1. The summed E-state index contributed by atoms with van der Waals surface area (Å²) in [6.07, 6.45) is 0. The Balaban J connectivity index is 1.55. The maximum Gasteiger partial charge on any atom is 0.124 e. The SMILES string of the molecule is Clc1ccc(SCc2cccc(-c3nc4ccccc4s3)c2)cc1. The third kappa shape index (κ3) is 3.48. The number of hydrogen-bond donors (Lipinski definition) is 0. The molecular formula is C20H14ClNS2. The van der Waals surface area contributed by atoms with Gasteiger partial charge in [0.05, 0.1) is 10.2 Å². The number of para-hydroxylation sites is 1. The molecule has 4 heteroatoms. The van der Waals surface area contributed by atoms with Gasteiger partial charge in [-0.15, -0.1) is 23.1 Å². The third-order valence-electron chi connectivity index (χ3n) is 3.69. The predicted molar refractivity (Wildman–Crippen MR) is 106 cm³/mol. The molecule has 4 rings (SSSR count). The van der Waals surface area contributed by atoms with E-state index in [1.807, 2.05) is 30.0 Å². The lowest BCUT2D eigenvalue weighted by molar-refractivity contribution is 1.37. The molecule has 0 saturated carbocycles. The smallest absolute Gasteiger partial charge is 0.124 e. The second-order valence-corrected chi connectivity index (χ2v) is 7.95. The van der Waals surface area contributed by atoms with Gasteiger partial charge >= 0.3 is 0 Å². The van der Waals surface area contributed by atoms with E-state index in [4.69, 9.17) is 16.6 Å². The van der Waals surface area contributed by atoms with Crippen molar-refractivity contribution in [3.63, 3.8) is 0 Å². The number of fused-ring (bicyclic) bond motifs is 1. The molecule has 0 fully saturated rings. The van der Waals surface area contributed by atoms with Gasteiger partial charge in [-0.25, -0.2) is 4.98 Å². The lowest BCUT2D eigenvalue weighted by Crippen LogP contribution is -1.83. The van der Waals surface area contributed by atoms with Gasteiger partial charge in [-0.3, -0.25) is 0 Å². The van der Waals surface area contributed by atoms with Gasteiger partial charge in [-0.1, -0.05) is 41.9 Å². The lowest BCUT2D eigenvalue weighted by Gasteiger charge is -2.04. The van der Waals surface area contributed by atoms with Crippen LogP contribution in [-0.2, 0) is 5.75 Å². The summed E-state index contributed by atoms with van der Waals surface area (Å²) < 4.78 is 1.23. The fourth-order valence-corrected chi connectivity index (χ4v) is 4.42. The first-order chi connectivity index (χ1) is 11.8. The molecule has 1 heterocycles. The number of hydrogen-bond acceptors (Lipinski definition) is 3. The number of halogens is 1. The Morgan fingerprint density at radius 1 is 0.917 bits per heavy atom. The van der Waals surface area contributed by atoms with Gasteiger partial charge in [-0.05, 0) is 48.0 Å². The van der Waals surface area contributed by atoms with Crippen molar-refractivity contribution in [1.29, 1.82) is 0 Å². The number of aromatic nitrogens is 1. The first-order valence-electron chi connectivity index (χ1n) is 7.61. The van der Waals surface area contributed by atoms with Gasteiger partial charge in [0.25, 0.3) is 0 Å². The number of thiazole rings is 1. The van der Waals surface area contributed by atoms with Crippen LogP contribution in [0, 0.1) is 0 Å². The van der Waals surface area contributed by atoms with Gasteiger partial charge in [-0.2, -0.15) is 0 Å². The highest BCUT2D eigenvalue weighted by Gasteiger charge is 2.06. The van der Waals surface area contributed by atoms with Crippen molar-refractivity contribution >= 4 is 44.9 Å². The Bertz CT molecular complexity index is 943. The first-order valence-corrected chi connectivity index (χ1v) is 9.79. The van der Waals surface area contributed by atoms with Crippen LogP contribution >= 0.6 is 34.7 Å². The van der Waals surface area contributed by atoms with Gasteiger partial charge < -0.3 is 0 Å². The van der Waals surface area contributed by atoms with Crippen molar-refractivity contribution in [3.05, 3.63) is 83.4 Å². The van der Waals surface area contributed by atoms with Gasteiger partial charge in [0.15, 0.2) is 0 Å². The number of rotatable bonds is 4. The summed E-state index contributed by atoms with van der Waals surface area (Å²) >= 11 is 9.49. The molecule has 0 aliphatic rings. The van der Waals surface area contributed by atoms with E-state index >= 15 is 0 Å². The highest BCUT2D eigenvalue weighted by molar-refractivity contribution is 7.98. The van der Waals surface area contributed by atoms with E-state index in [9.17, 15) is 0 Å². The maximum atomic E-state index is 5.94. The summed E-state index contributed by atoms with van der Waals surface area (Å²) in [6.45, 7) is 0. The molecule has 0 saturated heterocycles. The van der Waals surface area contributed by atoms with Gasteiger partial charge in [0.1, 0.15) is 5.01 Å².